The number of nitrogens with one attached hydrogen (secondary N) is 1. The molecule has 1 saturated carbocycles. The van der Waals surface area contributed by atoms with E-state index < -0.39 is 0 Å². The van der Waals surface area contributed by atoms with Gasteiger partial charge in [0.1, 0.15) is 0 Å². The van der Waals surface area contributed by atoms with E-state index in [1.54, 1.807) is 12.1 Å². The second-order valence-corrected chi connectivity index (χ2v) is 6.26. The average molecular weight is 341 g/mol. The molecule has 2 unspecified atom stereocenters. The van der Waals surface area contributed by atoms with Crippen LogP contribution in [0.25, 0.3) is 0 Å². The molecule has 0 bridgehead atoms. The minimum Gasteiger partial charge on any atom is -0.314 e. The third kappa shape index (κ3) is 3.58. The number of benzene rings is 1. The van der Waals surface area contributed by atoms with Crippen LogP contribution in [0.1, 0.15) is 38.2 Å². The van der Waals surface area contributed by atoms with Crippen molar-refractivity contribution in [3.63, 3.8) is 0 Å². The first-order valence-electron chi connectivity index (χ1n) is 7.28. The molecule has 1 aliphatic carbocycles. The number of hydrogen-bond acceptors (Lipinski definition) is 3. The largest absolute Gasteiger partial charge is 0.314 e. The van der Waals surface area contributed by atoms with Gasteiger partial charge in [0.2, 0.25) is 0 Å². The van der Waals surface area contributed by atoms with Gasteiger partial charge in [-0.25, -0.2) is 0 Å². The molecule has 2 atom stereocenters. The first-order chi connectivity index (χ1) is 9.63. The molecule has 0 heterocycles. The van der Waals surface area contributed by atoms with Crippen LogP contribution in [0.15, 0.2) is 22.7 Å². The maximum absolute atomic E-state index is 11.0. The number of halogens is 1. The van der Waals surface area contributed by atoms with Crippen molar-refractivity contribution in [1.82, 2.24) is 5.32 Å². The van der Waals surface area contributed by atoms with E-state index in [1.807, 2.05) is 6.07 Å². The Balaban J connectivity index is 2.09. The lowest BCUT2D eigenvalue weighted by molar-refractivity contribution is -0.385. The second kappa shape index (κ2) is 7.18. The lowest BCUT2D eigenvalue weighted by Gasteiger charge is -2.21. The van der Waals surface area contributed by atoms with Gasteiger partial charge in [0.05, 0.1) is 9.40 Å². The van der Waals surface area contributed by atoms with Gasteiger partial charge in [-0.15, -0.1) is 0 Å². The van der Waals surface area contributed by atoms with Gasteiger partial charge in [-0.3, -0.25) is 10.1 Å². The van der Waals surface area contributed by atoms with Crippen LogP contribution in [0.3, 0.4) is 0 Å². The molecule has 1 aromatic rings. The van der Waals surface area contributed by atoms with Crippen molar-refractivity contribution < 1.29 is 4.92 Å². The number of hydrogen-bond donors (Lipinski definition) is 1. The first-order valence-corrected chi connectivity index (χ1v) is 8.08. The molecule has 1 aromatic carbocycles. The summed E-state index contributed by atoms with van der Waals surface area (Å²) in [6, 6.07) is 5.88. The van der Waals surface area contributed by atoms with Crippen LogP contribution in [-0.4, -0.2) is 17.5 Å². The summed E-state index contributed by atoms with van der Waals surface area (Å²) >= 11 is 3.40. The van der Waals surface area contributed by atoms with E-state index in [0.29, 0.717) is 16.4 Å². The summed E-state index contributed by atoms with van der Waals surface area (Å²) < 4.78 is 0.645. The standard InChI is InChI=1S/C15H21BrN2O2/c1-2-9-17-13-7-3-5-11(13)10-12-6-4-8-14(15(12)16)18(19)20/h4,6,8,11,13,17H,2-3,5,7,9-10H2,1H3. The van der Waals surface area contributed by atoms with Gasteiger partial charge in [-0.05, 0) is 59.6 Å². The van der Waals surface area contributed by atoms with E-state index in [4.69, 9.17) is 0 Å². The lowest BCUT2D eigenvalue weighted by atomic mass is 9.94. The van der Waals surface area contributed by atoms with E-state index in [-0.39, 0.29) is 10.6 Å². The van der Waals surface area contributed by atoms with E-state index in [9.17, 15) is 10.1 Å². The molecule has 0 aliphatic heterocycles. The topological polar surface area (TPSA) is 55.2 Å². The Morgan fingerprint density at radius 1 is 1.45 bits per heavy atom. The van der Waals surface area contributed by atoms with Gasteiger partial charge < -0.3 is 5.32 Å². The third-order valence-electron chi connectivity index (χ3n) is 4.05. The van der Waals surface area contributed by atoms with Crippen molar-refractivity contribution in [3.8, 4) is 0 Å². The average Bonchev–Trinajstić information content (AvgIpc) is 2.85. The van der Waals surface area contributed by atoms with Crippen molar-refractivity contribution in [2.75, 3.05) is 6.54 Å². The zero-order chi connectivity index (χ0) is 14.5. The highest BCUT2D eigenvalue weighted by Gasteiger charge is 2.28. The zero-order valence-electron chi connectivity index (χ0n) is 11.8. The van der Waals surface area contributed by atoms with Gasteiger partial charge in [-0.1, -0.05) is 25.5 Å². The number of rotatable bonds is 6. The van der Waals surface area contributed by atoms with Crippen molar-refractivity contribution >= 4 is 21.6 Å². The van der Waals surface area contributed by atoms with E-state index >= 15 is 0 Å². The molecule has 4 nitrogen and oxygen atoms in total. The molecule has 1 fully saturated rings. The summed E-state index contributed by atoms with van der Waals surface area (Å²) in [5.74, 6) is 0.583. The van der Waals surface area contributed by atoms with Gasteiger partial charge in [-0.2, -0.15) is 0 Å². The van der Waals surface area contributed by atoms with E-state index in [2.05, 4.69) is 28.2 Å². The zero-order valence-corrected chi connectivity index (χ0v) is 13.4. The van der Waals surface area contributed by atoms with Crippen LogP contribution >= 0.6 is 15.9 Å². The Morgan fingerprint density at radius 3 is 2.95 bits per heavy atom. The molecule has 0 radical (unpaired) electrons. The Labute approximate surface area is 128 Å². The Morgan fingerprint density at radius 2 is 2.25 bits per heavy atom. The number of nitrogens with zero attached hydrogens (tertiary/aromatic N) is 1. The van der Waals surface area contributed by atoms with Gasteiger partial charge in [0.25, 0.3) is 5.69 Å². The molecule has 0 saturated heterocycles. The molecule has 2 rings (SSSR count). The molecule has 0 amide bonds. The highest BCUT2D eigenvalue weighted by Crippen LogP contribution is 2.34. The third-order valence-corrected chi connectivity index (χ3v) is 4.97. The monoisotopic (exact) mass is 340 g/mol. The molecular weight excluding hydrogens is 320 g/mol. The minimum absolute atomic E-state index is 0.165. The minimum atomic E-state index is -0.324. The number of nitro benzene ring substituents is 1. The molecular formula is C15H21BrN2O2. The predicted octanol–water partition coefficient (Wildman–Crippen LogP) is 4.07. The Kier molecular flexibility index (Phi) is 5.54. The summed E-state index contributed by atoms with van der Waals surface area (Å²) in [5.41, 5.74) is 1.22. The first kappa shape index (κ1) is 15.4. The highest BCUT2D eigenvalue weighted by atomic mass is 79.9. The molecule has 5 heteroatoms. The fourth-order valence-corrected chi connectivity index (χ4v) is 3.60. The predicted molar refractivity (Wildman–Crippen MR) is 83.9 cm³/mol. The number of nitro groups is 1. The van der Waals surface area contributed by atoms with Crippen LogP contribution in [0, 0.1) is 16.0 Å². The normalized spacial score (nSPS) is 22.1. The highest BCUT2D eigenvalue weighted by molar-refractivity contribution is 9.10. The summed E-state index contributed by atoms with van der Waals surface area (Å²) in [7, 11) is 0. The van der Waals surface area contributed by atoms with Crippen molar-refractivity contribution in [3.05, 3.63) is 38.3 Å². The maximum Gasteiger partial charge on any atom is 0.283 e. The van der Waals surface area contributed by atoms with Crippen molar-refractivity contribution in [1.29, 1.82) is 0 Å². The van der Waals surface area contributed by atoms with E-state index in [1.165, 1.54) is 19.3 Å². The summed E-state index contributed by atoms with van der Waals surface area (Å²) in [5, 5.41) is 14.6. The van der Waals surface area contributed by atoms with Gasteiger partial charge in [0, 0.05) is 12.1 Å². The van der Waals surface area contributed by atoms with Gasteiger partial charge in [0.15, 0.2) is 0 Å². The van der Waals surface area contributed by atoms with Crippen LogP contribution in [-0.2, 0) is 6.42 Å². The summed E-state index contributed by atoms with van der Waals surface area (Å²) in [6.45, 7) is 3.23. The molecule has 20 heavy (non-hydrogen) atoms. The van der Waals surface area contributed by atoms with Crippen LogP contribution in [0.4, 0.5) is 5.69 Å². The molecule has 1 aliphatic rings. The summed E-state index contributed by atoms with van der Waals surface area (Å²) in [6.07, 6.45) is 5.72. The quantitative estimate of drug-likeness (QED) is 0.627. The maximum atomic E-state index is 11.0. The van der Waals surface area contributed by atoms with Crippen LogP contribution in [0.5, 0.6) is 0 Å². The lowest BCUT2D eigenvalue weighted by Crippen LogP contribution is -2.33. The van der Waals surface area contributed by atoms with Gasteiger partial charge >= 0.3 is 0 Å². The smallest absolute Gasteiger partial charge is 0.283 e. The van der Waals surface area contributed by atoms with Crippen LogP contribution < -0.4 is 5.32 Å². The molecule has 1 N–H and O–H groups in total. The molecule has 110 valence electrons. The second-order valence-electron chi connectivity index (χ2n) is 5.46. The fourth-order valence-electron chi connectivity index (χ4n) is 3.03. The SMILES string of the molecule is CCCNC1CCCC1Cc1cccc([N+](=O)[O-])c1Br. The van der Waals surface area contributed by atoms with Crippen LogP contribution in [0.2, 0.25) is 0 Å². The van der Waals surface area contributed by atoms with Crippen molar-refractivity contribution in [2.24, 2.45) is 5.92 Å². The molecule has 0 spiro atoms. The van der Waals surface area contributed by atoms with E-state index in [0.717, 1.165) is 24.9 Å². The van der Waals surface area contributed by atoms with Crippen molar-refractivity contribution in [2.45, 2.75) is 45.1 Å². The fraction of sp³-hybridized carbons (Fsp3) is 0.600. The summed E-state index contributed by atoms with van der Waals surface area (Å²) in [4.78, 5) is 10.7. The Bertz CT molecular complexity index is 479. The molecule has 0 aromatic heterocycles. The Hall–Kier alpha value is -0.940.